The standard InChI is InChI=1S/C23H26N6O3S/c1-17-3-5-18(6-4-17)21-15-20(26-29(21)19-7-14-33(31,32)16-19)22(30)27-10-12-28(13-11-27)23-24-8-2-9-25-23/h2-6,8-9,15,19H,7,10-14,16H2,1H3/t19-/m0/s1. The zero-order chi connectivity index (χ0) is 23.0. The van der Waals surface area contributed by atoms with Gasteiger partial charge in [0.1, 0.15) is 0 Å². The van der Waals surface area contributed by atoms with Gasteiger partial charge in [-0.15, -0.1) is 0 Å². The van der Waals surface area contributed by atoms with E-state index in [1.54, 1.807) is 34.1 Å². The Morgan fingerprint density at radius 3 is 2.36 bits per heavy atom. The van der Waals surface area contributed by atoms with Gasteiger partial charge in [-0.25, -0.2) is 18.4 Å². The molecule has 2 saturated heterocycles. The number of sulfone groups is 1. The van der Waals surface area contributed by atoms with Crippen LogP contribution < -0.4 is 4.90 Å². The smallest absolute Gasteiger partial charge is 0.274 e. The Kier molecular flexibility index (Phi) is 5.61. The molecule has 2 aliphatic rings. The van der Waals surface area contributed by atoms with Crippen molar-refractivity contribution < 1.29 is 13.2 Å². The first-order valence-electron chi connectivity index (χ1n) is 11.1. The Bertz CT molecular complexity index is 1250. The molecule has 172 valence electrons. The molecule has 4 heterocycles. The van der Waals surface area contributed by atoms with Gasteiger partial charge in [-0.2, -0.15) is 5.10 Å². The average molecular weight is 467 g/mol. The van der Waals surface area contributed by atoms with Crippen LogP contribution in [0.1, 0.15) is 28.5 Å². The Hall–Kier alpha value is -3.27. The summed E-state index contributed by atoms with van der Waals surface area (Å²) in [7, 11) is -3.09. The first-order chi connectivity index (χ1) is 15.9. The van der Waals surface area contributed by atoms with E-state index in [1.165, 1.54) is 0 Å². The number of amides is 1. The predicted octanol–water partition coefficient (Wildman–Crippen LogP) is 1.97. The topological polar surface area (TPSA) is 101 Å². The number of rotatable bonds is 4. The van der Waals surface area contributed by atoms with Crippen LogP contribution >= 0.6 is 0 Å². The molecule has 1 aromatic carbocycles. The fourth-order valence-corrected chi connectivity index (χ4v) is 6.10. The summed E-state index contributed by atoms with van der Waals surface area (Å²) >= 11 is 0. The Morgan fingerprint density at radius 2 is 1.73 bits per heavy atom. The summed E-state index contributed by atoms with van der Waals surface area (Å²) < 4.78 is 26.0. The van der Waals surface area contributed by atoms with E-state index in [1.807, 2.05) is 31.2 Å². The minimum absolute atomic E-state index is 0.0525. The minimum Gasteiger partial charge on any atom is -0.337 e. The van der Waals surface area contributed by atoms with Crippen LogP contribution in [0.4, 0.5) is 5.95 Å². The highest BCUT2D eigenvalue weighted by atomic mass is 32.2. The van der Waals surface area contributed by atoms with Gasteiger partial charge in [0.25, 0.3) is 5.91 Å². The highest BCUT2D eigenvalue weighted by Gasteiger charge is 2.33. The van der Waals surface area contributed by atoms with Gasteiger partial charge in [0.05, 0.1) is 23.2 Å². The van der Waals surface area contributed by atoms with E-state index in [-0.39, 0.29) is 23.5 Å². The number of piperazine rings is 1. The minimum atomic E-state index is -3.09. The third-order valence-electron chi connectivity index (χ3n) is 6.26. The van der Waals surface area contributed by atoms with E-state index in [4.69, 9.17) is 0 Å². The number of anilines is 1. The quantitative estimate of drug-likeness (QED) is 0.579. The monoisotopic (exact) mass is 466 g/mol. The molecule has 1 atom stereocenters. The normalized spacial score (nSPS) is 20.2. The van der Waals surface area contributed by atoms with Crippen molar-refractivity contribution in [3.05, 3.63) is 60.0 Å². The molecule has 2 fully saturated rings. The number of hydrogen-bond donors (Lipinski definition) is 0. The van der Waals surface area contributed by atoms with Crippen molar-refractivity contribution in [3.8, 4) is 11.3 Å². The van der Waals surface area contributed by atoms with Gasteiger partial charge in [0, 0.05) is 38.6 Å². The summed E-state index contributed by atoms with van der Waals surface area (Å²) in [5.74, 6) is 0.726. The summed E-state index contributed by atoms with van der Waals surface area (Å²) in [6, 6.07) is 11.3. The van der Waals surface area contributed by atoms with E-state index in [0.29, 0.717) is 44.2 Å². The van der Waals surface area contributed by atoms with Crippen LogP contribution in [0.3, 0.4) is 0 Å². The molecule has 10 heteroatoms. The largest absolute Gasteiger partial charge is 0.337 e. The zero-order valence-electron chi connectivity index (χ0n) is 18.5. The maximum Gasteiger partial charge on any atom is 0.274 e. The molecule has 3 aromatic rings. The van der Waals surface area contributed by atoms with Gasteiger partial charge < -0.3 is 9.80 Å². The number of benzene rings is 1. The van der Waals surface area contributed by atoms with E-state index in [9.17, 15) is 13.2 Å². The van der Waals surface area contributed by atoms with Crippen LogP contribution in [0.2, 0.25) is 0 Å². The lowest BCUT2D eigenvalue weighted by atomic mass is 10.1. The molecule has 0 saturated carbocycles. The molecule has 9 nitrogen and oxygen atoms in total. The summed E-state index contributed by atoms with van der Waals surface area (Å²) in [6.07, 6.45) is 3.93. The second-order valence-corrected chi connectivity index (χ2v) is 10.8. The van der Waals surface area contributed by atoms with Gasteiger partial charge in [0.2, 0.25) is 5.95 Å². The number of aromatic nitrogens is 4. The van der Waals surface area contributed by atoms with Crippen molar-refractivity contribution in [3.63, 3.8) is 0 Å². The van der Waals surface area contributed by atoms with Gasteiger partial charge in [-0.05, 0) is 31.0 Å². The van der Waals surface area contributed by atoms with Crippen LogP contribution in [0.15, 0.2) is 48.8 Å². The number of carbonyl (C=O) groups excluding carboxylic acids is 1. The summed E-state index contributed by atoms with van der Waals surface area (Å²) in [5, 5.41) is 4.63. The van der Waals surface area contributed by atoms with E-state index >= 15 is 0 Å². The molecule has 0 N–H and O–H groups in total. The van der Waals surface area contributed by atoms with E-state index in [0.717, 1.165) is 16.8 Å². The highest BCUT2D eigenvalue weighted by molar-refractivity contribution is 7.91. The molecular formula is C23H26N6O3S. The molecule has 2 aliphatic heterocycles. The second-order valence-electron chi connectivity index (χ2n) is 8.61. The van der Waals surface area contributed by atoms with Crippen molar-refractivity contribution in [1.82, 2.24) is 24.6 Å². The van der Waals surface area contributed by atoms with E-state index < -0.39 is 9.84 Å². The maximum absolute atomic E-state index is 13.3. The predicted molar refractivity (Wildman–Crippen MR) is 125 cm³/mol. The van der Waals surface area contributed by atoms with E-state index in [2.05, 4.69) is 20.0 Å². The Balaban J connectivity index is 1.39. The van der Waals surface area contributed by atoms with Crippen LogP contribution in [-0.4, -0.2) is 76.7 Å². The van der Waals surface area contributed by atoms with Crippen molar-refractivity contribution in [2.75, 3.05) is 42.6 Å². The summed E-state index contributed by atoms with van der Waals surface area (Å²) in [6.45, 7) is 4.38. The van der Waals surface area contributed by atoms with Crippen molar-refractivity contribution in [2.24, 2.45) is 0 Å². The zero-order valence-corrected chi connectivity index (χ0v) is 19.3. The molecule has 2 aromatic heterocycles. The van der Waals surface area contributed by atoms with Crippen LogP contribution in [0.5, 0.6) is 0 Å². The lowest BCUT2D eigenvalue weighted by Crippen LogP contribution is -2.49. The molecular weight excluding hydrogens is 440 g/mol. The van der Waals surface area contributed by atoms with Crippen molar-refractivity contribution >= 4 is 21.7 Å². The first kappa shape index (κ1) is 21.6. The highest BCUT2D eigenvalue weighted by Crippen LogP contribution is 2.30. The first-order valence-corrected chi connectivity index (χ1v) is 12.9. The number of nitrogens with zero attached hydrogens (tertiary/aromatic N) is 6. The molecule has 1 amide bonds. The van der Waals surface area contributed by atoms with Crippen LogP contribution in [-0.2, 0) is 9.84 Å². The molecule has 5 rings (SSSR count). The second kappa shape index (κ2) is 8.58. The third-order valence-corrected chi connectivity index (χ3v) is 8.01. The van der Waals surface area contributed by atoms with Crippen LogP contribution in [0, 0.1) is 6.92 Å². The molecule has 33 heavy (non-hydrogen) atoms. The lowest BCUT2D eigenvalue weighted by molar-refractivity contribution is 0.0739. The van der Waals surface area contributed by atoms with Gasteiger partial charge >= 0.3 is 0 Å². The molecule has 0 unspecified atom stereocenters. The van der Waals surface area contributed by atoms with Crippen LogP contribution in [0.25, 0.3) is 11.3 Å². The maximum atomic E-state index is 13.3. The average Bonchev–Trinajstić information content (AvgIpc) is 3.43. The van der Waals surface area contributed by atoms with Crippen molar-refractivity contribution in [1.29, 1.82) is 0 Å². The number of carbonyl (C=O) groups is 1. The molecule has 0 aliphatic carbocycles. The fraction of sp³-hybridized carbons (Fsp3) is 0.391. The number of hydrogen-bond acceptors (Lipinski definition) is 7. The Morgan fingerprint density at radius 1 is 1.03 bits per heavy atom. The fourth-order valence-electron chi connectivity index (χ4n) is 4.41. The lowest BCUT2D eigenvalue weighted by Gasteiger charge is -2.34. The summed E-state index contributed by atoms with van der Waals surface area (Å²) in [5.41, 5.74) is 3.17. The van der Waals surface area contributed by atoms with Crippen molar-refractivity contribution in [2.45, 2.75) is 19.4 Å². The summed E-state index contributed by atoms with van der Waals surface area (Å²) in [4.78, 5) is 25.7. The third kappa shape index (κ3) is 4.47. The molecule has 0 radical (unpaired) electrons. The van der Waals surface area contributed by atoms with Gasteiger partial charge in [-0.3, -0.25) is 9.48 Å². The molecule has 0 bridgehead atoms. The number of aryl methyl sites for hydroxylation is 1. The molecule has 0 spiro atoms. The van der Waals surface area contributed by atoms with Gasteiger partial charge in [0.15, 0.2) is 15.5 Å². The Labute approximate surface area is 193 Å². The van der Waals surface area contributed by atoms with Gasteiger partial charge in [-0.1, -0.05) is 29.8 Å². The SMILES string of the molecule is Cc1ccc(-c2cc(C(=O)N3CCN(c4ncccn4)CC3)nn2[C@H]2CCS(=O)(=O)C2)cc1.